The molecule has 0 atom stereocenters. The molecule has 4 aromatic rings. The van der Waals surface area contributed by atoms with E-state index in [0.29, 0.717) is 17.9 Å². The number of aliphatic carboxylic acids is 2. The topological polar surface area (TPSA) is 146 Å². The Balaban J connectivity index is 0.000000287. The van der Waals surface area contributed by atoms with Crippen molar-refractivity contribution in [1.82, 2.24) is 5.32 Å². The molecule has 0 aliphatic rings. The molecule has 1 amide bonds. The fourth-order valence-corrected chi connectivity index (χ4v) is 7.17. The number of carbonyl (C=O) groups is 3. The highest BCUT2D eigenvalue weighted by Crippen LogP contribution is 2.36. The van der Waals surface area contributed by atoms with Gasteiger partial charge in [0.1, 0.15) is 25.5 Å². The predicted molar refractivity (Wildman–Crippen MR) is 218 cm³/mol. The van der Waals surface area contributed by atoms with E-state index in [-0.39, 0.29) is 34.4 Å². The largest absolute Gasteiger partial charge is 0.487 e. The summed E-state index contributed by atoms with van der Waals surface area (Å²) in [6.07, 6.45) is 2.07. The van der Waals surface area contributed by atoms with E-state index in [2.05, 4.69) is 92.8 Å². The highest BCUT2D eigenvalue weighted by atomic mass is 79.9. The Morgan fingerprint density at radius 2 is 1.13 bits per heavy atom. The van der Waals surface area contributed by atoms with Crippen molar-refractivity contribution in [3.8, 4) is 11.5 Å². The molecule has 0 heterocycles. The SMILES string of the molecule is CCCNc1cc(C)cc(COc2c(Br)cc(CC(=O)O)cc2Br)c1.CCCNc1cc(C)cc(COc2c(Cl)cc(C(=O)NCC(=O)O)cc2Cl)c1. The molecule has 0 spiro atoms. The van der Waals surface area contributed by atoms with Gasteiger partial charge in [0, 0.05) is 30.0 Å². The molecule has 0 saturated carbocycles. The minimum absolute atomic E-state index is 0.0260. The lowest BCUT2D eigenvalue weighted by atomic mass is 10.1. The monoisotopic (exact) mass is 893 g/mol. The lowest BCUT2D eigenvalue weighted by molar-refractivity contribution is -0.137. The molecule has 53 heavy (non-hydrogen) atoms. The van der Waals surface area contributed by atoms with Crippen LogP contribution in [0.3, 0.4) is 0 Å². The molecule has 10 nitrogen and oxygen atoms in total. The number of carbonyl (C=O) groups excluding carboxylic acids is 1. The van der Waals surface area contributed by atoms with Crippen molar-refractivity contribution < 1.29 is 34.1 Å². The fraction of sp³-hybridized carbons (Fsp3) is 0.308. The number of hydrogen-bond donors (Lipinski definition) is 5. The van der Waals surface area contributed by atoms with Gasteiger partial charge in [-0.1, -0.05) is 49.2 Å². The maximum atomic E-state index is 12.0. The van der Waals surface area contributed by atoms with Crippen molar-refractivity contribution in [2.45, 2.75) is 60.2 Å². The Kier molecular flexibility index (Phi) is 17.8. The van der Waals surface area contributed by atoms with Crippen molar-refractivity contribution >= 4 is 84.3 Å². The Labute approximate surface area is 336 Å². The van der Waals surface area contributed by atoms with Crippen molar-refractivity contribution in [2.24, 2.45) is 0 Å². The van der Waals surface area contributed by atoms with Crippen LogP contribution >= 0.6 is 55.1 Å². The number of carboxylic acid groups (broad SMARTS) is 2. The van der Waals surface area contributed by atoms with E-state index in [9.17, 15) is 14.4 Å². The molecule has 14 heteroatoms. The van der Waals surface area contributed by atoms with Crippen LogP contribution in [-0.4, -0.2) is 47.7 Å². The zero-order valence-electron chi connectivity index (χ0n) is 29.9. The lowest BCUT2D eigenvalue weighted by Gasteiger charge is -2.14. The van der Waals surface area contributed by atoms with E-state index in [1.165, 1.54) is 17.7 Å². The number of rotatable bonds is 17. The van der Waals surface area contributed by atoms with E-state index >= 15 is 0 Å². The zero-order valence-corrected chi connectivity index (χ0v) is 34.6. The van der Waals surface area contributed by atoms with Crippen LogP contribution in [-0.2, 0) is 29.2 Å². The first-order valence-electron chi connectivity index (χ1n) is 16.8. The molecule has 5 N–H and O–H groups in total. The van der Waals surface area contributed by atoms with Crippen LogP contribution in [0.15, 0.2) is 69.6 Å². The van der Waals surface area contributed by atoms with E-state index in [1.807, 2.05) is 19.1 Å². The highest BCUT2D eigenvalue weighted by molar-refractivity contribution is 9.11. The van der Waals surface area contributed by atoms with Gasteiger partial charge in [0.25, 0.3) is 5.91 Å². The highest BCUT2D eigenvalue weighted by Gasteiger charge is 2.16. The van der Waals surface area contributed by atoms with Crippen molar-refractivity contribution in [2.75, 3.05) is 30.3 Å². The van der Waals surface area contributed by atoms with Gasteiger partial charge in [-0.3, -0.25) is 14.4 Å². The van der Waals surface area contributed by atoms with Gasteiger partial charge in [0.15, 0.2) is 5.75 Å². The second-order valence-electron chi connectivity index (χ2n) is 12.2. The molecule has 0 aliphatic heterocycles. The van der Waals surface area contributed by atoms with Gasteiger partial charge in [-0.25, -0.2) is 0 Å². The van der Waals surface area contributed by atoms with E-state index in [4.69, 9.17) is 42.9 Å². The zero-order chi connectivity index (χ0) is 39.1. The number of hydrogen-bond acceptors (Lipinski definition) is 7. The van der Waals surface area contributed by atoms with Gasteiger partial charge in [-0.05, 0) is 135 Å². The third-order valence-electron chi connectivity index (χ3n) is 7.27. The summed E-state index contributed by atoms with van der Waals surface area (Å²) in [5.41, 5.74) is 7.28. The number of halogens is 4. The van der Waals surface area contributed by atoms with Crippen molar-refractivity contribution in [3.63, 3.8) is 0 Å². The summed E-state index contributed by atoms with van der Waals surface area (Å²) in [4.78, 5) is 33.4. The Bertz CT molecular complexity index is 1860. The molecule has 0 bridgehead atoms. The van der Waals surface area contributed by atoms with Gasteiger partial charge >= 0.3 is 11.9 Å². The second kappa shape index (κ2) is 21.7. The maximum absolute atomic E-state index is 12.0. The van der Waals surface area contributed by atoms with Crippen LogP contribution < -0.4 is 25.4 Å². The molecule has 0 fully saturated rings. The predicted octanol–water partition coefficient (Wildman–Crippen LogP) is 10.1. The number of nitrogens with one attached hydrogen (secondary N) is 3. The number of aryl methyl sites for hydroxylation is 2. The van der Waals surface area contributed by atoms with Crippen molar-refractivity contribution in [3.05, 3.63) is 113 Å². The van der Waals surface area contributed by atoms with Gasteiger partial charge in [-0.2, -0.15) is 0 Å². The molecule has 0 aromatic heterocycles. The Morgan fingerprint density at radius 3 is 1.57 bits per heavy atom. The van der Waals surface area contributed by atoms with Crippen LogP contribution in [0.4, 0.5) is 11.4 Å². The molecule has 4 aromatic carbocycles. The van der Waals surface area contributed by atoms with Gasteiger partial charge in [0.05, 0.1) is 25.4 Å². The number of ether oxygens (including phenoxy) is 2. The first kappa shape index (κ1) is 43.4. The first-order chi connectivity index (χ1) is 25.2. The summed E-state index contributed by atoms with van der Waals surface area (Å²) in [5, 5.41) is 26.9. The molecular formula is C39H43Br2Cl2N3O7. The van der Waals surface area contributed by atoms with E-state index < -0.39 is 24.4 Å². The van der Waals surface area contributed by atoms with Crippen LogP contribution in [0.5, 0.6) is 11.5 Å². The summed E-state index contributed by atoms with van der Waals surface area (Å²) < 4.78 is 13.2. The standard InChI is InChI=1S/C20H22Cl2N2O4.C19H21Br2NO3/c1-3-4-23-15-6-12(2)5-13(7-15)11-28-19-16(21)8-14(9-17(19)22)20(27)24-10-18(25)26;1-3-4-22-15-6-12(2)5-14(7-15)11-25-19-16(20)8-13(9-17(19)21)10-18(23)24/h5-9,23H,3-4,10-11H2,1-2H3,(H,24,27)(H,25,26);5-9,22H,3-4,10-11H2,1-2H3,(H,23,24). The van der Waals surface area contributed by atoms with E-state index in [0.717, 1.165) is 62.9 Å². The minimum atomic E-state index is -1.14. The second-order valence-corrected chi connectivity index (χ2v) is 14.7. The Hall–Kier alpha value is -3.97. The summed E-state index contributed by atoms with van der Waals surface area (Å²) in [6, 6.07) is 18.7. The van der Waals surface area contributed by atoms with Crippen LogP contribution in [0.1, 0.15) is 64.9 Å². The minimum Gasteiger partial charge on any atom is -0.487 e. The summed E-state index contributed by atoms with van der Waals surface area (Å²) >= 11 is 19.4. The average molecular weight is 897 g/mol. The first-order valence-corrected chi connectivity index (χ1v) is 19.2. The van der Waals surface area contributed by atoms with E-state index in [1.54, 1.807) is 12.1 Å². The average Bonchev–Trinajstić information content (AvgIpc) is 3.07. The van der Waals surface area contributed by atoms with Gasteiger partial charge in [-0.15, -0.1) is 0 Å². The summed E-state index contributed by atoms with van der Waals surface area (Å²) in [7, 11) is 0. The number of anilines is 2. The molecule has 0 aliphatic carbocycles. The molecule has 0 unspecified atom stereocenters. The lowest BCUT2D eigenvalue weighted by Crippen LogP contribution is -2.29. The molecule has 0 radical (unpaired) electrons. The molecule has 4 rings (SSSR count). The number of carboxylic acids is 2. The molecule has 0 saturated heterocycles. The third kappa shape index (κ3) is 14.8. The van der Waals surface area contributed by atoms with Gasteiger partial charge in [0.2, 0.25) is 0 Å². The molecular weight excluding hydrogens is 853 g/mol. The quantitative estimate of drug-likeness (QED) is 0.0699. The van der Waals surface area contributed by atoms with Crippen molar-refractivity contribution in [1.29, 1.82) is 0 Å². The number of amides is 1. The number of benzene rings is 4. The van der Waals surface area contributed by atoms with Crippen LogP contribution in [0.25, 0.3) is 0 Å². The summed E-state index contributed by atoms with van der Waals surface area (Å²) in [6.45, 7) is 10.3. The smallest absolute Gasteiger partial charge is 0.322 e. The Morgan fingerprint density at radius 1 is 0.660 bits per heavy atom. The maximum Gasteiger partial charge on any atom is 0.322 e. The van der Waals surface area contributed by atoms with Gasteiger partial charge < -0.3 is 35.6 Å². The van der Waals surface area contributed by atoms with Crippen LogP contribution in [0, 0.1) is 13.8 Å². The fourth-order valence-electron chi connectivity index (χ4n) is 5.06. The summed E-state index contributed by atoms with van der Waals surface area (Å²) in [5.74, 6) is -1.65. The molecule has 284 valence electrons. The normalized spacial score (nSPS) is 10.5. The third-order valence-corrected chi connectivity index (χ3v) is 9.01. The van der Waals surface area contributed by atoms with Crippen LogP contribution in [0.2, 0.25) is 10.0 Å².